The van der Waals surface area contributed by atoms with Crippen LogP contribution in [-0.4, -0.2) is 23.0 Å². The lowest BCUT2D eigenvalue weighted by Gasteiger charge is -2.07. The van der Waals surface area contributed by atoms with Crippen LogP contribution in [0, 0.1) is 0 Å². The second kappa shape index (κ2) is 5.70. The number of benzene rings is 1. The van der Waals surface area contributed by atoms with Crippen LogP contribution in [0.4, 0.5) is 0 Å². The van der Waals surface area contributed by atoms with Crippen molar-refractivity contribution in [2.45, 2.75) is 11.4 Å². The van der Waals surface area contributed by atoms with Gasteiger partial charge in [0.15, 0.2) is 0 Å². The third kappa shape index (κ3) is 3.21. The molecule has 106 valence electrons. The number of thiocarbonyl (C=S) groups is 1. The summed E-state index contributed by atoms with van der Waals surface area (Å²) >= 11 is 4.82. The van der Waals surface area contributed by atoms with Crippen LogP contribution in [0.1, 0.15) is 11.4 Å². The molecule has 0 fully saturated rings. The number of nitrogens with two attached hydrogens (primary N) is 1. The van der Waals surface area contributed by atoms with E-state index in [1.165, 1.54) is 12.1 Å². The van der Waals surface area contributed by atoms with Crippen molar-refractivity contribution in [3.8, 4) is 0 Å². The van der Waals surface area contributed by atoms with E-state index in [1.807, 2.05) is 0 Å². The summed E-state index contributed by atoms with van der Waals surface area (Å²) in [6.07, 6.45) is 3.36. The Morgan fingerprint density at radius 2 is 2.05 bits per heavy atom. The lowest BCUT2D eigenvalue weighted by Crippen LogP contribution is -2.24. The summed E-state index contributed by atoms with van der Waals surface area (Å²) in [6.45, 7) is 0.128. The van der Waals surface area contributed by atoms with Gasteiger partial charge in [-0.1, -0.05) is 24.4 Å². The highest BCUT2D eigenvalue weighted by atomic mass is 32.2. The van der Waals surface area contributed by atoms with E-state index in [-0.39, 0.29) is 16.4 Å². The average Bonchev–Trinajstić information content (AvgIpc) is 2.82. The number of nitrogens with one attached hydrogen (secondary N) is 1. The van der Waals surface area contributed by atoms with E-state index >= 15 is 0 Å². The molecule has 20 heavy (non-hydrogen) atoms. The van der Waals surface area contributed by atoms with Crippen LogP contribution in [0.15, 0.2) is 41.6 Å². The molecule has 0 saturated heterocycles. The lowest BCUT2D eigenvalue weighted by atomic mass is 10.2. The van der Waals surface area contributed by atoms with E-state index in [0.29, 0.717) is 11.4 Å². The van der Waals surface area contributed by atoms with Gasteiger partial charge in [0.05, 0.1) is 11.4 Å². The van der Waals surface area contributed by atoms with Gasteiger partial charge in [0.1, 0.15) is 10.8 Å². The number of sulfonamides is 1. The maximum Gasteiger partial charge on any atom is 0.240 e. The first-order chi connectivity index (χ1) is 9.40. The molecule has 0 aliphatic carbocycles. The second-order valence-electron chi connectivity index (χ2n) is 4.17. The third-order valence-electron chi connectivity index (χ3n) is 2.79. The van der Waals surface area contributed by atoms with Gasteiger partial charge in [-0.3, -0.25) is 0 Å². The van der Waals surface area contributed by atoms with Gasteiger partial charge >= 0.3 is 0 Å². The van der Waals surface area contributed by atoms with Crippen molar-refractivity contribution in [3.63, 3.8) is 0 Å². The van der Waals surface area contributed by atoms with Crippen LogP contribution in [-0.2, 0) is 23.6 Å². The number of aromatic nitrogens is 2. The first-order valence-corrected chi connectivity index (χ1v) is 7.65. The summed E-state index contributed by atoms with van der Waals surface area (Å²) < 4.78 is 28.5. The molecule has 0 aliphatic heterocycles. The smallest absolute Gasteiger partial charge is 0.240 e. The van der Waals surface area contributed by atoms with E-state index in [9.17, 15) is 8.42 Å². The van der Waals surface area contributed by atoms with Crippen LogP contribution in [0.3, 0.4) is 0 Å². The summed E-state index contributed by atoms with van der Waals surface area (Å²) in [4.78, 5) is 4.44. The maximum absolute atomic E-state index is 12.1. The molecule has 3 N–H and O–H groups in total. The van der Waals surface area contributed by atoms with Crippen molar-refractivity contribution in [2.75, 3.05) is 0 Å². The Kier molecular flexibility index (Phi) is 4.17. The van der Waals surface area contributed by atoms with Crippen LogP contribution in [0.2, 0.25) is 0 Å². The first-order valence-electron chi connectivity index (χ1n) is 5.76. The van der Waals surface area contributed by atoms with E-state index in [1.54, 1.807) is 36.1 Å². The van der Waals surface area contributed by atoms with Gasteiger partial charge in [0, 0.05) is 25.0 Å². The fourth-order valence-electron chi connectivity index (χ4n) is 1.61. The van der Waals surface area contributed by atoms with Crippen molar-refractivity contribution < 1.29 is 8.42 Å². The van der Waals surface area contributed by atoms with Gasteiger partial charge in [0.2, 0.25) is 10.0 Å². The Labute approximate surface area is 122 Å². The van der Waals surface area contributed by atoms with Gasteiger partial charge in [0.25, 0.3) is 0 Å². The molecular formula is C12H14N4O2S2. The minimum Gasteiger partial charge on any atom is -0.389 e. The molecule has 1 heterocycles. The van der Waals surface area contributed by atoms with E-state index < -0.39 is 10.0 Å². The first kappa shape index (κ1) is 14.6. The molecule has 0 atom stereocenters. The summed E-state index contributed by atoms with van der Waals surface area (Å²) in [5.74, 6) is 0.633. The standard InChI is InChI=1S/C12H14N4O2S2/c1-16-7-6-14-11(16)8-15-20(17,18)10-4-2-9(3-5-10)12(13)19/h2-7,15H,8H2,1H3,(H2,13,19). The predicted molar refractivity (Wildman–Crippen MR) is 79.6 cm³/mol. The van der Waals surface area contributed by atoms with Gasteiger partial charge in [-0.25, -0.2) is 18.1 Å². The van der Waals surface area contributed by atoms with Crippen molar-refractivity contribution in [1.82, 2.24) is 14.3 Å². The maximum atomic E-state index is 12.1. The van der Waals surface area contributed by atoms with Gasteiger partial charge in [-0.05, 0) is 12.1 Å². The van der Waals surface area contributed by atoms with Crippen molar-refractivity contribution in [2.24, 2.45) is 12.8 Å². The number of hydrogen-bond donors (Lipinski definition) is 2. The molecule has 0 spiro atoms. The van der Waals surface area contributed by atoms with E-state index in [0.717, 1.165) is 0 Å². The number of imidazole rings is 1. The summed E-state index contributed by atoms with van der Waals surface area (Å²) in [5, 5.41) is 0. The second-order valence-corrected chi connectivity index (χ2v) is 6.37. The van der Waals surface area contributed by atoms with Crippen LogP contribution in [0.25, 0.3) is 0 Å². The van der Waals surface area contributed by atoms with E-state index in [2.05, 4.69) is 9.71 Å². The Balaban J connectivity index is 2.14. The molecule has 2 aromatic rings. The predicted octanol–water partition coefficient (Wildman–Crippen LogP) is 0.533. The molecule has 0 radical (unpaired) electrons. The zero-order chi connectivity index (χ0) is 14.8. The van der Waals surface area contributed by atoms with Crippen LogP contribution >= 0.6 is 12.2 Å². The van der Waals surface area contributed by atoms with Crippen LogP contribution in [0.5, 0.6) is 0 Å². The Bertz CT molecular complexity index is 720. The highest BCUT2D eigenvalue weighted by Crippen LogP contribution is 2.11. The average molecular weight is 310 g/mol. The van der Waals surface area contributed by atoms with Crippen molar-refractivity contribution in [1.29, 1.82) is 0 Å². The highest BCUT2D eigenvalue weighted by Gasteiger charge is 2.14. The summed E-state index contributed by atoms with van der Waals surface area (Å²) in [5.41, 5.74) is 6.10. The van der Waals surface area contributed by atoms with Gasteiger partial charge in [-0.15, -0.1) is 0 Å². The summed E-state index contributed by atoms with van der Waals surface area (Å²) in [7, 11) is -1.78. The molecular weight excluding hydrogens is 296 g/mol. The fourth-order valence-corrected chi connectivity index (χ4v) is 2.72. The third-order valence-corrected chi connectivity index (χ3v) is 4.44. The minimum absolute atomic E-state index is 0.128. The quantitative estimate of drug-likeness (QED) is 0.786. The van der Waals surface area contributed by atoms with E-state index in [4.69, 9.17) is 18.0 Å². The molecule has 0 saturated carbocycles. The van der Waals surface area contributed by atoms with Crippen molar-refractivity contribution in [3.05, 3.63) is 48.0 Å². The molecule has 8 heteroatoms. The van der Waals surface area contributed by atoms with Gasteiger partial charge < -0.3 is 10.3 Å². The monoisotopic (exact) mass is 310 g/mol. The number of nitrogens with zero attached hydrogens (tertiary/aromatic N) is 2. The van der Waals surface area contributed by atoms with Crippen molar-refractivity contribution >= 4 is 27.2 Å². The SMILES string of the molecule is Cn1ccnc1CNS(=O)(=O)c1ccc(C(N)=S)cc1. The lowest BCUT2D eigenvalue weighted by molar-refractivity contribution is 0.577. The number of hydrogen-bond acceptors (Lipinski definition) is 4. The molecule has 1 aromatic heterocycles. The molecule has 6 nitrogen and oxygen atoms in total. The number of rotatable bonds is 5. The number of aryl methyl sites for hydroxylation is 1. The minimum atomic E-state index is -3.58. The van der Waals surface area contributed by atoms with Crippen LogP contribution < -0.4 is 10.5 Å². The Hall–Kier alpha value is -1.77. The molecule has 1 aromatic carbocycles. The molecule has 0 aliphatic rings. The van der Waals surface area contributed by atoms with Gasteiger partial charge in [-0.2, -0.15) is 0 Å². The molecule has 0 amide bonds. The highest BCUT2D eigenvalue weighted by molar-refractivity contribution is 7.89. The molecule has 0 bridgehead atoms. The Morgan fingerprint density at radius 3 is 2.55 bits per heavy atom. The molecule has 2 rings (SSSR count). The topological polar surface area (TPSA) is 90.0 Å². The molecule has 0 unspecified atom stereocenters. The zero-order valence-electron chi connectivity index (χ0n) is 10.8. The summed E-state index contributed by atoms with van der Waals surface area (Å²) in [6, 6.07) is 6.10. The largest absolute Gasteiger partial charge is 0.389 e. The zero-order valence-corrected chi connectivity index (χ0v) is 12.4. The fraction of sp³-hybridized carbons (Fsp3) is 0.167. The normalized spacial score (nSPS) is 11.4. The Morgan fingerprint density at radius 1 is 1.40 bits per heavy atom.